The van der Waals surface area contributed by atoms with E-state index >= 15 is 0 Å². The SMILES string of the molecule is O=C(Nc1ccc(F)c(F)c1)[C@H](Cc1ccccc1)NS(=O)(=O)c1cc(Cl)ccc1Cl. The molecule has 2 N–H and O–H groups in total. The zero-order valence-electron chi connectivity index (χ0n) is 15.8. The van der Waals surface area contributed by atoms with E-state index in [-0.39, 0.29) is 27.0 Å². The fourth-order valence-corrected chi connectivity index (χ4v) is 4.73. The highest BCUT2D eigenvalue weighted by atomic mass is 35.5. The van der Waals surface area contributed by atoms with E-state index in [1.165, 1.54) is 18.2 Å². The maximum Gasteiger partial charge on any atom is 0.242 e. The van der Waals surface area contributed by atoms with Crippen molar-refractivity contribution < 1.29 is 22.0 Å². The molecule has 3 rings (SSSR count). The number of rotatable bonds is 7. The van der Waals surface area contributed by atoms with Crippen LogP contribution < -0.4 is 10.0 Å². The summed E-state index contributed by atoms with van der Waals surface area (Å²) < 4.78 is 54.8. The van der Waals surface area contributed by atoms with Crippen LogP contribution in [0.1, 0.15) is 5.56 Å². The van der Waals surface area contributed by atoms with Crippen molar-refractivity contribution in [1.29, 1.82) is 0 Å². The molecular weight excluding hydrogens is 469 g/mol. The minimum absolute atomic E-state index is 0.00619. The summed E-state index contributed by atoms with van der Waals surface area (Å²) in [6.45, 7) is 0. The number of hydrogen-bond donors (Lipinski definition) is 2. The molecule has 0 aliphatic rings. The highest BCUT2D eigenvalue weighted by molar-refractivity contribution is 7.89. The Kier molecular flexibility index (Phi) is 7.27. The highest BCUT2D eigenvalue weighted by Crippen LogP contribution is 2.25. The van der Waals surface area contributed by atoms with Crippen LogP contribution in [-0.2, 0) is 21.2 Å². The standard InChI is InChI=1S/C21H16Cl2F2N2O3S/c22-14-6-8-16(23)20(11-14)31(29,30)27-19(10-13-4-2-1-3-5-13)21(28)26-15-7-9-17(24)18(25)12-15/h1-9,11-12,19,27H,10H2,(H,26,28)/t19-/m0/s1. The number of benzene rings is 3. The molecule has 10 heteroatoms. The van der Waals surface area contributed by atoms with Crippen LogP contribution in [0.5, 0.6) is 0 Å². The van der Waals surface area contributed by atoms with Crippen molar-refractivity contribution in [1.82, 2.24) is 4.72 Å². The van der Waals surface area contributed by atoms with Crippen LogP contribution in [0.25, 0.3) is 0 Å². The Morgan fingerprint density at radius 1 is 0.935 bits per heavy atom. The van der Waals surface area contributed by atoms with Gasteiger partial charge < -0.3 is 5.32 Å². The van der Waals surface area contributed by atoms with Crippen molar-refractivity contribution >= 4 is 44.8 Å². The Bertz CT molecular complexity index is 1210. The first kappa shape index (κ1) is 23.1. The van der Waals surface area contributed by atoms with Crippen molar-refractivity contribution in [2.24, 2.45) is 0 Å². The van der Waals surface area contributed by atoms with Gasteiger partial charge in [-0.1, -0.05) is 53.5 Å². The summed E-state index contributed by atoms with van der Waals surface area (Å²) in [6.07, 6.45) is -0.00619. The van der Waals surface area contributed by atoms with Crippen LogP contribution in [0.4, 0.5) is 14.5 Å². The number of carbonyl (C=O) groups is 1. The fraction of sp³-hybridized carbons (Fsp3) is 0.0952. The molecule has 0 aliphatic heterocycles. The summed E-state index contributed by atoms with van der Waals surface area (Å²) in [7, 11) is -4.25. The topological polar surface area (TPSA) is 75.3 Å². The number of hydrogen-bond acceptors (Lipinski definition) is 3. The van der Waals surface area contributed by atoms with Crippen LogP contribution in [0.2, 0.25) is 10.0 Å². The van der Waals surface area contributed by atoms with E-state index in [4.69, 9.17) is 23.2 Å². The summed E-state index contributed by atoms with van der Waals surface area (Å²) in [5.74, 6) is -2.99. The normalized spacial score (nSPS) is 12.4. The quantitative estimate of drug-likeness (QED) is 0.505. The lowest BCUT2D eigenvalue weighted by atomic mass is 10.1. The number of amides is 1. The summed E-state index contributed by atoms with van der Waals surface area (Å²) >= 11 is 11.9. The third kappa shape index (κ3) is 6.01. The molecule has 5 nitrogen and oxygen atoms in total. The average molecular weight is 485 g/mol. The van der Waals surface area contributed by atoms with Crippen molar-refractivity contribution in [2.75, 3.05) is 5.32 Å². The molecule has 0 aliphatic carbocycles. The molecule has 0 fully saturated rings. The van der Waals surface area contributed by atoms with Gasteiger partial charge in [-0.25, -0.2) is 17.2 Å². The molecule has 0 unspecified atom stereocenters. The van der Waals surface area contributed by atoms with E-state index in [2.05, 4.69) is 10.0 Å². The van der Waals surface area contributed by atoms with Gasteiger partial charge in [0.2, 0.25) is 15.9 Å². The number of anilines is 1. The van der Waals surface area contributed by atoms with Gasteiger partial charge in [-0.3, -0.25) is 4.79 Å². The Morgan fingerprint density at radius 2 is 1.65 bits per heavy atom. The zero-order chi connectivity index (χ0) is 22.6. The molecular formula is C21H16Cl2F2N2O3S. The number of sulfonamides is 1. The Morgan fingerprint density at radius 3 is 2.32 bits per heavy atom. The molecule has 0 spiro atoms. The van der Waals surface area contributed by atoms with Gasteiger partial charge in [0.25, 0.3) is 0 Å². The van der Waals surface area contributed by atoms with E-state index in [1.54, 1.807) is 30.3 Å². The molecule has 162 valence electrons. The predicted molar refractivity (Wildman–Crippen MR) is 116 cm³/mol. The molecule has 0 saturated heterocycles. The molecule has 0 aromatic heterocycles. The van der Waals surface area contributed by atoms with Gasteiger partial charge in [-0.2, -0.15) is 4.72 Å². The molecule has 0 radical (unpaired) electrons. The lowest BCUT2D eigenvalue weighted by Crippen LogP contribution is -2.45. The summed E-state index contributed by atoms with van der Waals surface area (Å²) in [5, 5.41) is 2.47. The van der Waals surface area contributed by atoms with Crippen LogP contribution >= 0.6 is 23.2 Å². The molecule has 3 aromatic rings. The number of nitrogens with one attached hydrogen (secondary N) is 2. The number of carbonyl (C=O) groups excluding carboxylic acids is 1. The molecule has 1 atom stereocenters. The van der Waals surface area contributed by atoms with E-state index < -0.39 is 33.6 Å². The third-order valence-corrected chi connectivity index (χ3v) is 6.45. The van der Waals surface area contributed by atoms with Gasteiger partial charge in [-0.15, -0.1) is 0 Å². The van der Waals surface area contributed by atoms with Crippen LogP contribution in [-0.4, -0.2) is 20.4 Å². The van der Waals surface area contributed by atoms with Crippen molar-refractivity contribution in [3.63, 3.8) is 0 Å². The summed E-state index contributed by atoms with van der Waals surface area (Å²) in [6, 6.07) is 14.2. The largest absolute Gasteiger partial charge is 0.325 e. The first-order valence-corrected chi connectivity index (χ1v) is 11.2. The number of halogens is 4. The lowest BCUT2D eigenvalue weighted by Gasteiger charge is -2.19. The van der Waals surface area contributed by atoms with Gasteiger partial charge in [0.15, 0.2) is 11.6 Å². The Hall–Kier alpha value is -2.52. The van der Waals surface area contributed by atoms with Gasteiger partial charge >= 0.3 is 0 Å². The predicted octanol–water partition coefficient (Wildman–Crippen LogP) is 4.80. The minimum atomic E-state index is -4.25. The van der Waals surface area contributed by atoms with E-state index in [1.807, 2.05) is 0 Å². The maximum atomic E-state index is 13.5. The third-order valence-electron chi connectivity index (χ3n) is 4.27. The second kappa shape index (κ2) is 9.74. The maximum absolute atomic E-state index is 13.5. The van der Waals surface area contributed by atoms with E-state index in [0.29, 0.717) is 5.56 Å². The molecule has 0 bridgehead atoms. The monoisotopic (exact) mass is 484 g/mol. The van der Waals surface area contributed by atoms with Gasteiger partial charge in [-0.05, 0) is 42.3 Å². The lowest BCUT2D eigenvalue weighted by molar-refractivity contribution is -0.117. The fourth-order valence-electron chi connectivity index (χ4n) is 2.77. The zero-order valence-corrected chi connectivity index (χ0v) is 18.1. The van der Waals surface area contributed by atoms with Crippen molar-refractivity contribution in [2.45, 2.75) is 17.4 Å². The Balaban J connectivity index is 1.91. The molecule has 0 heterocycles. The molecule has 31 heavy (non-hydrogen) atoms. The minimum Gasteiger partial charge on any atom is -0.325 e. The first-order valence-electron chi connectivity index (χ1n) is 8.93. The van der Waals surface area contributed by atoms with Crippen molar-refractivity contribution in [3.8, 4) is 0 Å². The summed E-state index contributed by atoms with van der Waals surface area (Å²) in [5.41, 5.74) is 0.648. The second-order valence-corrected chi connectivity index (χ2v) is 9.08. The van der Waals surface area contributed by atoms with Crippen LogP contribution in [0.15, 0.2) is 71.6 Å². The molecule has 0 saturated carbocycles. The van der Waals surface area contributed by atoms with E-state index in [0.717, 1.165) is 18.2 Å². The summed E-state index contributed by atoms with van der Waals surface area (Å²) in [4.78, 5) is 12.6. The smallest absolute Gasteiger partial charge is 0.242 e. The average Bonchev–Trinajstić information content (AvgIpc) is 2.72. The Labute approximate surface area is 188 Å². The van der Waals surface area contributed by atoms with E-state index in [9.17, 15) is 22.0 Å². The second-order valence-electron chi connectivity index (χ2n) is 6.56. The van der Waals surface area contributed by atoms with Crippen LogP contribution in [0, 0.1) is 11.6 Å². The molecule has 3 aromatic carbocycles. The van der Waals surface area contributed by atoms with Crippen LogP contribution in [0.3, 0.4) is 0 Å². The highest BCUT2D eigenvalue weighted by Gasteiger charge is 2.28. The van der Waals surface area contributed by atoms with Gasteiger partial charge in [0.05, 0.1) is 5.02 Å². The van der Waals surface area contributed by atoms with Crippen molar-refractivity contribution in [3.05, 3.63) is 94.0 Å². The van der Waals surface area contributed by atoms with Gasteiger partial charge in [0.1, 0.15) is 10.9 Å². The first-order chi connectivity index (χ1) is 14.7. The molecule has 1 amide bonds. The van der Waals surface area contributed by atoms with Gasteiger partial charge in [0, 0.05) is 16.8 Å².